The van der Waals surface area contributed by atoms with Crippen LogP contribution in [-0.4, -0.2) is 44.2 Å². The summed E-state index contributed by atoms with van der Waals surface area (Å²) in [5, 5.41) is 12.9. The molecule has 1 aromatic carbocycles. The van der Waals surface area contributed by atoms with Crippen LogP contribution in [0.1, 0.15) is 12.5 Å². The van der Waals surface area contributed by atoms with Gasteiger partial charge in [0.2, 0.25) is 0 Å². The molecule has 0 spiro atoms. The van der Waals surface area contributed by atoms with E-state index in [1.807, 2.05) is 38.1 Å². The third-order valence-corrected chi connectivity index (χ3v) is 2.45. The minimum absolute atomic E-state index is 0.325. The van der Waals surface area contributed by atoms with E-state index in [4.69, 9.17) is 9.47 Å². The molecule has 18 heavy (non-hydrogen) atoms. The Morgan fingerprint density at radius 2 is 2.06 bits per heavy atom. The minimum atomic E-state index is -0.507. The number of nitrogens with one attached hydrogen (secondary N) is 1. The van der Waals surface area contributed by atoms with Crippen molar-refractivity contribution < 1.29 is 14.6 Å². The van der Waals surface area contributed by atoms with Crippen LogP contribution < -0.4 is 5.32 Å². The van der Waals surface area contributed by atoms with Crippen LogP contribution in [0, 0.1) is 6.92 Å². The number of ether oxygens (including phenoxy) is 2. The van der Waals surface area contributed by atoms with Crippen molar-refractivity contribution in [2.75, 3.05) is 38.3 Å². The third-order valence-electron chi connectivity index (χ3n) is 2.45. The maximum atomic E-state index is 9.71. The highest BCUT2D eigenvalue weighted by Crippen LogP contribution is 2.09. The van der Waals surface area contributed by atoms with Crippen molar-refractivity contribution in [2.45, 2.75) is 20.0 Å². The van der Waals surface area contributed by atoms with Crippen molar-refractivity contribution in [1.29, 1.82) is 0 Å². The highest BCUT2D eigenvalue weighted by molar-refractivity contribution is 5.45. The van der Waals surface area contributed by atoms with Gasteiger partial charge in [-0.3, -0.25) is 0 Å². The zero-order valence-electron chi connectivity index (χ0n) is 11.2. The number of aliphatic hydroxyl groups is 1. The topological polar surface area (TPSA) is 50.7 Å². The normalized spacial score (nSPS) is 12.4. The summed E-state index contributed by atoms with van der Waals surface area (Å²) >= 11 is 0. The van der Waals surface area contributed by atoms with Crippen molar-refractivity contribution >= 4 is 5.69 Å². The van der Waals surface area contributed by atoms with Crippen LogP contribution in [0.4, 0.5) is 5.69 Å². The van der Waals surface area contributed by atoms with Crippen molar-refractivity contribution in [3.8, 4) is 0 Å². The van der Waals surface area contributed by atoms with E-state index in [0.29, 0.717) is 33.0 Å². The van der Waals surface area contributed by atoms with E-state index >= 15 is 0 Å². The predicted octanol–water partition coefficient (Wildman–Crippen LogP) is 1.82. The molecule has 0 fully saturated rings. The summed E-state index contributed by atoms with van der Waals surface area (Å²) in [5.41, 5.74) is 2.21. The smallest absolute Gasteiger partial charge is 0.0945 e. The number of hydrogen-bond acceptors (Lipinski definition) is 4. The Labute approximate surface area is 109 Å². The number of hydrogen-bond donors (Lipinski definition) is 2. The van der Waals surface area contributed by atoms with E-state index in [9.17, 15) is 5.11 Å². The first kappa shape index (κ1) is 15.0. The summed E-state index contributed by atoms with van der Waals surface area (Å²) in [4.78, 5) is 0. The van der Waals surface area contributed by atoms with Gasteiger partial charge < -0.3 is 19.9 Å². The molecule has 1 aromatic rings. The second kappa shape index (κ2) is 8.91. The summed E-state index contributed by atoms with van der Waals surface area (Å²) in [6.45, 7) is 6.59. The second-order valence-electron chi connectivity index (χ2n) is 4.18. The molecule has 0 aliphatic carbocycles. The average Bonchev–Trinajstić information content (AvgIpc) is 2.36. The largest absolute Gasteiger partial charge is 0.389 e. The molecule has 0 heterocycles. The van der Waals surface area contributed by atoms with Gasteiger partial charge >= 0.3 is 0 Å². The van der Waals surface area contributed by atoms with Gasteiger partial charge in [0, 0.05) is 18.8 Å². The van der Waals surface area contributed by atoms with Gasteiger partial charge in [-0.1, -0.05) is 12.1 Å². The lowest BCUT2D eigenvalue weighted by molar-refractivity contribution is 0.0103. The average molecular weight is 253 g/mol. The Morgan fingerprint density at radius 1 is 1.28 bits per heavy atom. The molecule has 1 unspecified atom stereocenters. The molecule has 0 amide bonds. The fourth-order valence-electron chi connectivity index (χ4n) is 1.53. The maximum absolute atomic E-state index is 9.71. The van der Waals surface area contributed by atoms with Crippen LogP contribution in [-0.2, 0) is 9.47 Å². The van der Waals surface area contributed by atoms with E-state index in [1.54, 1.807) is 0 Å². The first-order valence-electron chi connectivity index (χ1n) is 6.36. The summed E-state index contributed by atoms with van der Waals surface area (Å²) in [7, 11) is 0. The number of rotatable bonds is 9. The summed E-state index contributed by atoms with van der Waals surface area (Å²) in [6, 6.07) is 8.05. The Bertz CT molecular complexity index is 331. The maximum Gasteiger partial charge on any atom is 0.0945 e. The van der Waals surface area contributed by atoms with E-state index in [-0.39, 0.29) is 0 Å². The molecule has 0 saturated heterocycles. The summed E-state index contributed by atoms with van der Waals surface area (Å²) < 4.78 is 10.4. The molecule has 0 bridgehead atoms. The fourth-order valence-corrected chi connectivity index (χ4v) is 1.53. The highest BCUT2D eigenvalue weighted by atomic mass is 16.5. The van der Waals surface area contributed by atoms with Crippen molar-refractivity contribution in [3.05, 3.63) is 29.8 Å². The van der Waals surface area contributed by atoms with Crippen LogP contribution in [0.15, 0.2) is 24.3 Å². The van der Waals surface area contributed by atoms with Crippen molar-refractivity contribution in [3.63, 3.8) is 0 Å². The molecule has 1 atom stereocenters. The molecular weight excluding hydrogens is 230 g/mol. The number of benzene rings is 1. The third kappa shape index (κ3) is 6.59. The SMILES string of the molecule is CCOCCOCC(O)CNc1cccc(C)c1. The fraction of sp³-hybridized carbons (Fsp3) is 0.571. The van der Waals surface area contributed by atoms with Gasteiger partial charge in [-0.05, 0) is 31.5 Å². The van der Waals surface area contributed by atoms with E-state index < -0.39 is 6.10 Å². The standard InChI is InChI=1S/C14H23NO3/c1-3-17-7-8-18-11-14(16)10-15-13-6-4-5-12(2)9-13/h4-6,9,14-16H,3,7-8,10-11H2,1-2H3. The van der Waals surface area contributed by atoms with Crippen molar-refractivity contribution in [2.24, 2.45) is 0 Å². The zero-order chi connectivity index (χ0) is 13.2. The van der Waals surface area contributed by atoms with E-state index in [0.717, 1.165) is 5.69 Å². The molecule has 1 rings (SSSR count). The van der Waals surface area contributed by atoms with Gasteiger partial charge in [-0.25, -0.2) is 0 Å². The Balaban J connectivity index is 2.11. The Morgan fingerprint density at radius 3 is 2.78 bits per heavy atom. The van der Waals surface area contributed by atoms with Crippen LogP contribution in [0.2, 0.25) is 0 Å². The van der Waals surface area contributed by atoms with Crippen LogP contribution in [0.25, 0.3) is 0 Å². The van der Waals surface area contributed by atoms with Gasteiger partial charge in [0.15, 0.2) is 0 Å². The van der Waals surface area contributed by atoms with Gasteiger partial charge in [-0.15, -0.1) is 0 Å². The number of aliphatic hydroxyl groups excluding tert-OH is 1. The minimum Gasteiger partial charge on any atom is -0.389 e. The number of anilines is 1. The lowest BCUT2D eigenvalue weighted by Gasteiger charge is -2.13. The molecule has 0 aromatic heterocycles. The number of aryl methyl sites for hydroxylation is 1. The molecule has 4 nitrogen and oxygen atoms in total. The lowest BCUT2D eigenvalue weighted by atomic mass is 10.2. The lowest BCUT2D eigenvalue weighted by Crippen LogP contribution is -2.25. The Kier molecular flexibility index (Phi) is 7.41. The first-order chi connectivity index (χ1) is 8.72. The van der Waals surface area contributed by atoms with Crippen molar-refractivity contribution in [1.82, 2.24) is 0 Å². The zero-order valence-corrected chi connectivity index (χ0v) is 11.2. The molecule has 102 valence electrons. The van der Waals surface area contributed by atoms with Gasteiger partial charge in [0.25, 0.3) is 0 Å². The van der Waals surface area contributed by atoms with Crippen LogP contribution in [0.5, 0.6) is 0 Å². The molecule has 0 aliphatic rings. The van der Waals surface area contributed by atoms with Crippen LogP contribution >= 0.6 is 0 Å². The van der Waals surface area contributed by atoms with E-state index in [2.05, 4.69) is 5.32 Å². The Hall–Kier alpha value is -1.10. The van der Waals surface area contributed by atoms with Gasteiger partial charge in [0.1, 0.15) is 0 Å². The molecule has 0 aliphatic heterocycles. The summed E-state index contributed by atoms with van der Waals surface area (Å²) in [6.07, 6.45) is -0.507. The molecular formula is C14H23NO3. The molecule has 0 saturated carbocycles. The molecule has 0 radical (unpaired) electrons. The van der Waals surface area contributed by atoms with Gasteiger partial charge in [0.05, 0.1) is 25.9 Å². The quantitative estimate of drug-likeness (QED) is 0.659. The second-order valence-corrected chi connectivity index (χ2v) is 4.18. The monoisotopic (exact) mass is 253 g/mol. The van der Waals surface area contributed by atoms with E-state index in [1.165, 1.54) is 5.56 Å². The van der Waals surface area contributed by atoms with Crippen LogP contribution in [0.3, 0.4) is 0 Å². The van der Waals surface area contributed by atoms with Gasteiger partial charge in [-0.2, -0.15) is 0 Å². The molecule has 4 heteroatoms. The molecule has 2 N–H and O–H groups in total. The first-order valence-corrected chi connectivity index (χ1v) is 6.36. The highest BCUT2D eigenvalue weighted by Gasteiger charge is 2.03. The summed E-state index contributed by atoms with van der Waals surface area (Å²) in [5.74, 6) is 0. The predicted molar refractivity (Wildman–Crippen MR) is 73.0 cm³/mol.